The minimum atomic E-state index is -1.20. The first-order valence-electron chi connectivity index (χ1n) is 9.38. The van der Waals surface area contributed by atoms with Crippen molar-refractivity contribution in [2.45, 2.75) is 56.2 Å². The lowest BCUT2D eigenvalue weighted by Gasteiger charge is -2.41. The average molecular weight is 370 g/mol. The number of aliphatic hydroxyl groups is 3. The molecule has 1 spiro atoms. The summed E-state index contributed by atoms with van der Waals surface area (Å²) in [6.45, 7) is 2.06. The van der Waals surface area contributed by atoms with E-state index in [4.69, 9.17) is 9.47 Å². The molecule has 3 N–H and O–H groups in total. The predicted molar refractivity (Wildman–Crippen MR) is 101 cm³/mol. The molecule has 2 aromatic rings. The summed E-state index contributed by atoms with van der Waals surface area (Å²) in [5.41, 5.74) is 3.58. The summed E-state index contributed by atoms with van der Waals surface area (Å²) in [7, 11) is 1.65. The lowest BCUT2D eigenvalue weighted by molar-refractivity contribution is -0.236. The van der Waals surface area contributed by atoms with Gasteiger partial charge in [0.05, 0.1) is 12.7 Å². The average Bonchev–Trinajstić information content (AvgIpc) is 3.46. The Balaban J connectivity index is 1.60. The molecule has 144 valence electrons. The van der Waals surface area contributed by atoms with Crippen molar-refractivity contribution >= 4 is 0 Å². The fraction of sp³-hybridized carbons (Fsp3) is 0.455. The van der Waals surface area contributed by atoms with Crippen LogP contribution in [-0.2, 0) is 11.2 Å². The molecule has 2 aromatic carbocycles. The molecule has 2 fully saturated rings. The van der Waals surface area contributed by atoms with Crippen LogP contribution in [0.3, 0.4) is 0 Å². The van der Waals surface area contributed by atoms with Crippen LogP contribution in [0.1, 0.15) is 41.2 Å². The number of ether oxygens (including phenoxy) is 2. The standard InChI is InChI=1S/C22H26O5/c1-13-3-6-15(12-16(13)11-14-4-7-17(26-2)8-5-14)20-18(23)19(24)21(25)22(27-20)9-10-22/h3-8,12,18-21,23-25H,9-11H2,1-2H3/t18-,19-,20+,21+/m1/s1. The molecule has 1 saturated heterocycles. The van der Waals surface area contributed by atoms with Crippen LogP contribution in [0.25, 0.3) is 0 Å². The summed E-state index contributed by atoms with van der Waals surface area (Å²) in [5, 5.41) is 30.9. The van der Waals surface area contributed by atoms with E-state index in [9.17, 15) is 15.3 Å². The van der Waals surface area contributed by atoms with Gasteiger partial charge in [0, 0.05) is 0 Å². The van der Waals surface area contributed by atoms with Gasteiger partial charge in [0.2, 0.25) is 0 Å². The molecule has 1 aliphatic heterocycles. The number of hydrogen-bond acceptors (Lipinski definition) is 5. The summed E-state index contributed by atoms with van der Waals surface area (Å²) in [5.74, 6) is 0.824. The summed E-state index contributed by atoms with van der Waals surface area (Å²) >= 11 is 0. The zero-order valence-electron chi connectivity index (χ0n) is 15.6. The third kappa shape index (κ3) is 3.36. The van der Waals surface area contributed by atoms with E-state index in [0.717, 1.165) is 34.4 Å². The summed E-state index contributed by atoms with van der Waals surface area (Å²) in [4.78, 5) is 0. The van der Waals surface area contributed by atoms with Crippen molar-refractivity contribution in [3.8, 4) is 5.75 Å². The van der Waals surface area contributed by atoms with Crippen molar-refractivity contribution in [3.63, 3.8) is 0 Å². The van der Waals surface area contributed by atoms with E-state index in [1.165, 1.54) is 0 Å². The van der Waals surface area contributed by atoms with E-state index in [-0.39, 0.29) is 0 Å². The maximum atomic E-state index is 10.5. The molecule has 0 unspecified atom stereocenters. The van der Waals surface area contributed by atoms with E-state index < -0.39 is 30.0 Å². The Morgan fingerprint density at radius 2 is 1.74 bits per heavy atom. The molecular weight excluding hydrogens is 344 g/mol. The Labute approximate surface area is 159 Å². The van der Waals surface area contributed by atoms with Crippen molar-refractivity contribution < 1.29 is 24.8 Å². The molecule has 0 radical (unpaired) electrons. The number of hydrogen-bond donors (Lipinski definition) is 3. The first-order valence-corrected chi connectivity index (χ1v) is 9.38. The second-order valence-corrected chi connectivity index (χ2v) is 7.74. The van der Waals surface area contributed by atoms with Gasteiger partial charge < -0.3 is 24.8 Å². The number of rotatable bonds is 4. The number of aryl methyl sites for hydroxylation is 1. The number of benzene rings is 2. The van der Waals surface area contributed by atoms with Crippen LogP contribution in [0.2, 0.25) is 0 Å². The molecule has 1 saturated carbocycles. The maximum Gasteiger partial charge on any atom is 0.118 e. The molecule has 0 aromatic heterocycles. The Kier molecular flexibility index (Phi) is 4.72. The second-order valence-electron chi connectivity index (χ2n) is 7.74. The Hall–Kier alpha value is -1.92. The fourth-order valence-electron chi connectivity index (χ4n) is 3.89. The van der Waals surface area contributed by atoms with E-state index in [0.29, 0.717) is 12.8 Å². The van der Waals surface area contributed by atoms with Crippen molar-refractivity contribution in [1.82, 2.24) is 0 Å². The summed E-state index contributed by atoms with van der Waals surface area (Å²) < 4.78 is 11.3. The second kappa shape index (κ2) is 6.91. The molecule has 4 rings (SSSR count). The Morgan fingerprint density at radius 3 is 2.37 bits per heavy atom. The van der Waals surface area contributed by atoms with Gasteiger partial charge in [0.25, 0.3) is 0 Å². The van der Waals surface area contributed by atoms with Crippen LogP contribution in [0, 0.1) is 6.92 Å². The largest absolute Gasteiger partial charge is 0.497 e. The zero-order chi connectivity index (χ0) is 19.2. The van der Waals surface area contributed by atoms with Gasteiger partial charge in [-0.25, -0.2) is 0 Å². The normalized spacial score (nSPS) is 28.9. The molecule has 4 atom stereocenters. The van der Waals surface area contributed by atoms with Crippen molar-refractivity contribution in [1.29, 1.82) is 0 Å². The zero-order valence-corrected chi connectivity index (χ0v) is 15.6. The van der Waals surface area contributed by atoms with E-state index in [2.05, 4.69) is 6.92 Å². The SMILES string of the molecule is COc1ccc(Cc2cc([C@@H]3OC4(CC4)[C@@H](O)[C@H](O)[C@H]3O)ccc2C)cc1. The highest BCUT2D eigenvalue weighted by Gasteiger charge is 2.60. The van der Waals surface area contributed by atoms with Crippen LogP contribution in [0.5, 0.6) is 5.75 Å². The van der Waals surface area contributed by atoms with Gasteiger partial charge >= 0.3 is 0 Å². The van der Waals surface area contributed by atoms with Gasteiger partial charge in [-0.1, -0.05) is 30.3 Å². The van der Waals surface area contributed by atoms with Crippen molar-refractivity contribution in [2.75, 3.05) is 7.11 Å². The van der Waals surface area contributed by atoms with Crippen LogP contribution < -0.4 is 4.74 Å². The van der Waals surface area contributed by atoms with Gasteiger partial charge in [-0.15, -0.1) is 0 Å². The minimum absolute atomic E-state index is 0.638. The third-order valence-corrected chi connectivity index (χ3v) is 5.88. The first kappa shape index (κ1) is 18.4. The Morgan fingerprint density at radius 1 is 1.04 bits per heavy atom. The van der Waals surface area contributed by atoms with Gasteiger partial charge in [-0.05, 0) is 60.6 Å². The molecule has 5 heteroatoms. The topological polar surface area (TPSA) is 79.2 Å². The van der Waals surface area contributed by atoms with E-state index in [1.54, 1.807) is 7.11 Å². The summed E-state index contributed by atoms with van der Waals surface area (Å²) in [6.07, 6.45) is -1.85. The molecule has 27 heavy (non-hydrogen) atoms. The molecule has 1 aliphatic carbocycles. The third-order valence-electron chi connectivity index (χ3n) is 5.88. The smallest absolute Gasteiger partial charge is 0.118 e. The summed E-state index contributed by atoms with van der Waals surface area (Å²) in [6, 6.07) is 13.9. The van der Waals surface area contributed by atoms with E-state index in [1.807, 2.05) is 42.5 Å². The van der Waals surface area contributed by atoms with Gasteiger partial charge in [-0.3, -0.25) is 0 Å². The minimum Gasteiger partial charge on any atom is -0.497 e. The van der Waals surface area contributed by atoms with Crippen LogP contribution in [0.4, 0.5) is 0 Å². The lowest BCUT2D eigenvalue weighted by atomic mass is 9.88. The monoisotopic (exact) mass is 370 g/mol. The van der Waals surface area contributed by atoms with E-state index >= 15 is 0 Å². The fourth-order valence-corrected chi connectivity index (χ4v) is 3.89. The van der Waals surface area contributed by atoms with Gasteiger partial charge in [-0.2, -0.15) is 0 Å². The predicted octanol–water partition coefficient (Wildman–Crippen LogP) is 2.28. The highest BCUT2D eigenvalue weighted by atomic mass is 16.6. The molecule has 1 heterocycles. The van der Waals surface area contributed by atoms with Crippen molar-refractivity contribution in [3.05, 3.63) is 64.7 Å². The highest BCUT2D eigenvalue weighted by molar-refractivity contribution is 5.38. The quantitative estimate of drug-likeness (QED) is 0.770. The maximum absolute atomic E-state index is 10.5. The molecule has 0 amide bonds. The number of aliphatic hydroxyl groups excluding tert-OH is 3. The lowest BCUT2D eigenvalue weighted by Crippen LogP contribution is -2.55. The van der Waals surface area contributed by atoms with Crippen molar-refractivity contribution in [2.24, 2.45) is 0 Å². The van der Waals surface area contributed by atoms with Crippen LogP contribution >= 0.6 is 0 Å². The van der Waals surface area contributed by atoms with Crippen LogP contribution in [-0.4, -0.2) is 46.3 Å². The first-order chi connectivity index (χ1) is 12.9. The molecule has 0 bridgehead atoms. The molecular formula is C22H26O5. The van der Waals surface area contributed by atoms with Gasteiger partial charge in [0.15, 0.2) is 0 Å². The van der Waals surface area contributed by atoms with Crippen LogP contribution in [0.15, 0.2) is 42.5 Å². The molecule has 5 nitrogen and oxygen atoms in total. The van der Waals surface area contributed by atoms with Gasteiger partial charge in [0.1, 0.15) is 30.2 Å². The molecule has 2 aliphatic rings. The highest BCUT2D eigenvalue weighted by Crippen LogP contribution is 2.51. The number of methoxy groups -OCH3 is 1. The Bertz CT molecular complexity index is 812.